The maximum atomic E-state index is 12.3. The first-order valence-electron chi connectivity index (χ1n) is 7.47. The Morgan fingerprint density at radius 2 is 2.05 bits per heavy atom. The van der Waals surface area contributed by atoms with Crippen molar-refractivity contribution in [2.45, 2.75) is 42.8 Å². The van der Waals surface area contributed by atoms with Crippen LogP contribution in [0.5, 0.6) is 0 Å². The summed E-state index contributed by atoms with van der Waals surface area (Å²) in [5.74, 6) is -0.0831. The van der Waals surface area contributed by atoms with Crippen LogP contribution in [0.2, 0.25) is 0 Å². The van der Waals surface area contributed by atoms with Crippen molar-refractivity contribution in [3.63, 3.8) is 0 Å². The van der Waals surface area contributed by atoms with Gasteiger partial charge in [-0.05, 0) is 25.0 Å². The molecule has 6 nitrogen and oxygen atoms in total. The van der Waals surface area contributed by atoms with Gasteiger partial charge in [0.2, 0.25) is 0 Å². The van der Waals surface area contributed by atoms with Crippen molar-refractivity contribution >= 4 is 26.6 Å². The highest BCUT2D eigenvalue weighted by atomic mass is 32.2. The lowest BCUT2D eigenvalue weighted by Crippen LogP contribution is -2.48. The molecule has 116 valence electrons. The van der Waals surface area contributed by atoms with Gasteiger partial charge < -0.3 is 9.88 Å². The number of hydrogen-bond donors (Lipinski definition) is 1. The maximum absolute atomic E-state index is 12.3. The third-order valence-corrected chi connectivity index (χ3v) is 5.67. The van der Waals surface area contributed by atoms with Gasteiger partial charge in [-0.15, -0.1) is 0 Å². The van der Waals surface area contributed by atoms with Crippen molar-refractivity contribution in [1.29, 1.82) is 0 Å². The number of sulfone groups is 1. The molecule has 0 saturated heterocycles. The molecule has 0 spiro atoms. The second-order valence-electron chi connectivity index (χ2n) is 6.18. The molecule has 1 fully saturated rings. The Kier molecular flexibility index (Phi) is 2.84. The van der Waals surface area contributed by atoms with E-state index in [1.54, 1.807) is 18.3 Å². The highest BCUT2D eigenvalue weighted by Crippen LogP contribution is 2.37. The Balaban J connectivity index is 1.98. The summed E-state index contributed by atoms with van der Waals surface area (Å²) in [4.78, 5) is 16.3. The zero-order valence-electron chi connectivity index (χ0n) is 12.2. The van der Waals surface area contributed by atoms with Crippen LogP contribution >= 0.6 is 0 Å². The average molecular weight is 319 g/mol. The minimum atomic E-state index is -3.37. The van der Waals surface area contributed by atoms with E-state index in [4.69, 9.17) is 0 Å². The van der Waals surface area contributed by atoms with Gasteiger partial charge in [-0.25, -0.2) is 13.4 Å². The molecule has 2 atom stereocenters. The summed E-state index contributed by atoms with van der Waals surface area (Å²) in [5.41, 5.74) is 1.39. The van der Waals surface area contributed by atoms with E-state index in [2.05, 4.69) is 10.3 Å². The van der Waals surface area contributed by atoms with Crippen molar-refractivity contribution in [3.8, 4) is 0 Å². The second-order valence-corrected chi connectivity index (χ2v) is 8.15. The first-order chi connectivity index (χ1) is 10.4. The number of aromatic nitrogens is 2. The lowest BCUT2D eigenvalue weighted by Gasteiger charge is -2.38. The number of carbonyl (C=O) groups is 1. The summed E-state index contributed by atoms with van der Waals surface area (Å²) in [6, 6.07) is 3.74. The predicted octanol–water partition coefficient (Wildman–Crippen LogP) is 1.67. The smallest absolute Gasteiger partial charge is 0.268 e. The molecule has 2 aromatic heterocycles. The first kappa shape index (κ1) is 13.8. The van der Waals surface area contributed by atoms with Crippen LogP contribution in [0.15, 0.2) is 23.4 Å². The van der Waals surface area contributed by atoms with E-state index in [0.29, 0.717) is 5.69 Å². The van der Waals surface area contributed by atoms with E-state index >= 15 is 0 Å². The molecule has 1 aliphatic heterocycles. The molecule has 0 radical (unpaired) electrons. The van der Waals surface area contributed by atoms with Crippen LogP contribution < -0.4 is 5.32 Å². The zero-order chi connectivity index (χ0) is 15.5. The molecule has 3 heterocycles. The monoisotopic (exact) mass is 319 g/mol. The molecule has 0 bridgehead atoms. The van der Waals surface area contributed by atoms with E-state index in [-0.39, 0.29) is 23.0 Å². The van der Waals surface area contributed by atoms with Crippen molar-refractivity contribution in [3.05, 3.63) is 24.0 Å². The van der Waals surface area contributed by atoms with Crippen molar-refractivity contribution in [1.82, 2.24) is 14.9 Å². The van der Waals surface area contributed by atoms with E-state index in [1.807, 2.05) is 4.57 Å². The average Bonchev–Trinajstić information content (AvgIpc) is 2.86. The second kappa shape index (κ2) is 4.55. The maximum Gasteiger partial charge on any atom is 0.268 e. The van der Waals surface area contributed by atoms with Crippen LogP contribution in [-0.2, 0) is 9.84 Å². The molecular formula is C15H17N3O3S. The third-order valence-electron chi connectivity index (χ3n) is 4.69. The number of carbonyl (C=O) groups excluding carboxylic acids is 1. The van der Waals surface area contributed by atoms with E-state index in [1.165, 1.54) is 0 Å². The van der Waals surface area contributed by atoms with Gasteiger partial charge in [0, 0.05) is 23.9 Å². The quantitative estimate of drug-likeness (QED) is 0.867. The summed E-state index contributed by atoms with van der Waals surface area (Å²) in [5, 5.41) is 3.95. The lowest BCUT2D eigenvalue weighted by atomic mass is 9.88. The molecule has 1 aliphatic carbocycles. The highest BCUT2D eigenvalue weighted by molar-refractivity contribution is 7.90. The molecule has 0 unspecified atom stereocenters. The molecule has 4 rings (SSSR count). The van der Waals surface area contributed by atoms with Gasteiger partial charge in [0.05, 0.1) is 11.6 Å². The number of nitrogens with zero attached hydrogens (tertiary/aromatic N) is 2. The van der Waals surface area contributed by atoms with E-state index in [9.17, 15) is 13.2 Å². The fourth-order valence-electron chi connectivity index (χ4n) is 3.67. The minimum Gasteiger partial charge on any atom is -0.346 e. The van der Waals surface area contributed by atoms with Gasteiger partial charge in [-0.3, -0.25) is 4.79 Å². The molecule has 0 aromatic carbocycles. The largest absolute Gasteiger partial charge is 0.346 e. The number of rotatable bonds is 1. The molecule has 22 heavy (non-hydrogen) atoms. The van der Waals surface area contributed by atoms with Gasteiger partial charge in [0.25, 0.3) is 5.91 Å². The molecule has 2 aliphatic rings. The number of amides is 1. The number of nitrogens with one attached hydrogen (secondary N) is 1. The van der Waals surface area contributed by atoms with E-state index in [0.717, 1.165) is 42.8 Å². The standard InChI is InChI=1S/C15H17N3O3S/c1-22(20,21)14-7-12-9(8-16-14)6-13-15(19)17-10-4-2-3-5-11(10)18(12)13/h6-8,10-11H,2-5H2,1H3,(H,17,19)/t10-,11-/m1/s1. The fraction of sp³-hybridized carbons (Fsp3) is 0.467. The Morgan fingerprint density at radius 3 is 2.82 bits per heavy atom. The van der Waals surface area contributed by atoms with Gasteiger partial charge in [0.1, 0.15) is 5.69 Å². The topological polar surface area (TPSA) is 81.1 Å². The number of hydrogen-bond acceptors (Lipinski definition) is 4. The minimum absolute atomic E-state index is 0.0549. The molecule has 1 amide bonds. The van der Waals surface area contributed by atoms with Crippen LogP contribution in [0.1, 0.15) is 42.2 Å². The van der Waals surface area contributed by atoms with Crippen molar-refractivity contribution in [2.24, 2.45) is 0 Å². The van der Waals surface area contributed by atoms with E-state index < -0.39 is 9.84 Å². The SMILES string of the molecule is CS(=O)(=O)c1cc2c(cn1)cc1n2[C@@H]2CCCC[C@H]2NC1=O. The molecule has 1 saturated carbocycles. The molecule has 1 N–H and O–H groups in total. The number of pyridine rings is 1. The van der Waals surface area contributed by atoms with Crippen molar-refractivity contribution in [2.75, 3.05) is 6.26 Å². The van der Waals surface area contributed by atoms with Crippen LogP contribution in [-0.4, -0.2) is 36.2 Å². The Hall–Kier alpha value is -1.89. The van der Waals surface area contributed by atoms with Gasteiger partial charge in [0.15, 0.2) is 14.9 Å². The van der Waals surface area contributed by atoms with Crippen LogP contribution in [0.25, 0.3) is 10.9 Å². The first-order valence-corrected chi connectivity index (χ1v) is 9.36. The van der Waals surface area contributed by atoms with Gasteiger partial charge in [-0.1, -0.05) is 12.8 Å². The van der Waals surface area contributed by atoms with Crippen LogP contribution in [0, 0.1) is 0 Å². The highest BCUT2D eigenvalue weighted by Gasteiger charge is 2.36. The summed E-state index contributed by atoms with van der Waals surface area (Å²) in [6.45, 7) is 0. The van der Waals surface area contributed by atoms with Gasteiger partial charge >= 0.3 is 0 Å². The number of fused-ring (bicyclic) bond motifs is 5. The predicted molar refractivity (Wildman–Crippen MR) is 81.6 cm³/mol. The molecular weight excluding hydrogens is 302 g/mol. The van der Waals surface area contributed by atoms with Crippen LogP contribution in [0.3, 0.4) is 0 Å². The van der Waals surface area contributed by atoms with Gasteiger partial charge in [-0.2, -0.15) is 0 Å². The summed E-state index contributed by atoms with van der Waals surface area (Å²) < 4.78 is 25.5. The molecule has 2 aromatic rings. The zero-order valence-corrected chi connectivity index (χ0v) is 13.1. The normalized spacial score (nSPS) is 24.7. The van der Waals surface area contributed by atoms with Crippen molar-refractivity contribution < 1.29 is 13.2 Å². The Bertz CT molecular complexity index is 885. The Morgan fingerprint density at radius 1 is 1.27 bits per heavy atom. The fourth-order valence-corrected chi connectivity index (χ4v) is 4.24. The lowest BCUT2D eigenvalue weighted by molar-refractivity contribution is 0.0855. The Labute approximate surface area is 128 Å². The molecule has 7 heteroatoms. The third kappa shape index (κ3) is 1.95. The van der Waals surface area contributed by atoms with Crippen LogP contribution in [0.4, 0.5) is 0 Å². The summed E-state index contributed by atoms with van der Waals surface area (Å²) >= 11 is 0. The summed E-state index contributed by atoms with van der Waals surface area (Å²) in [7, 11) is -3.37. The summed E-state index contributed by atoms with van der Waals surface area (Å²) in [6.07, 6.45) is 6.91.